The Morgan fingerprint density at radius 3 is 2.88 bits per heavy atom. The van der Waals surface area contributed by atoms with Crippen LogP contribution in [0.25, 0.3) is 21.4 Å². The van der Waals surface area contributed by atoms with E-state index in [1.807, 2.05) is 25.1 Å². The van der Waals surface area contributed by atoms with E-state index in [9.17, 15) is 15.3 Å². The maximum atomic E-state index is 10.4. The van der Waals surface area contributed by atoms with Crippen LogP contribution in [0.4, 0.5) is 11.5 Å². The van der Waals surface area contributed by atoms with Gasteiger partial charge in [0.05, 0.1) is 23.2 Å². The molecule has 0 amide bonds. The van der Waals surface area contributed by atoms with Crippen LogP contribution >= 0.6 is 34.7 Å². The zero-order chi connectivity index (χ0) is 24.0. The lowest BCUT2D eigenvalue weighted by atomic mass is 10.1. The third kappa shape index (κ3) is 4.40. The number of fused-ring (bicyclic) bond motifs is 2. The molecule has 1 aromatic carbocycles. The normalized spacial score (nSPS) is 23.7. The van der Waals surface area contributed by atoms with Gasteiger partial charge in [-0.15, -0.1) is 11.3 Å². The van der Waals surface area contributed by atoms with Crippen LogP contribution in [0.15, 0.2) is 28.9 Å². The fourth-order valence-electron chi connectivity index (χ4n) is 3.74. The molecule has 1 aliphatic heterocycles. The predicted octanol–water partition coefficient (Wildman–Crippen LogP) is 1.88. The number of hydrogen-bond donors (Lipinski definition) is 5. The standard InChI is InChI=1S/C20H22ClN7O4S2/c1-8(6-33-20-25-10-3-2-9(22)4-12(10)34-20)24-16-13-17(27-19(21)26-16)28(7-23-13)18-15(31)14(30)11(5-29)32-18/h2-4,7-8,11,14-15,18,29-31H,5-6,22H2,1H3,(H,24,26,27)/t8-,11-,14-,15-,18-/m1/s1. The number of aliphatic hydroxyl groups is 3. The summed E-state index contributed by atoms with van der Waals surface area (Å²) in [5, 5.41) is 33.1. The highest BCUT2D eigenvalue weighted by molar-refractivity contribution is 8.01. The number of ether oxygens (including phenoxy) is 1. The maximum Gasteiger partial charge on any atom is 0.226 e. The Labute approximate surface area is 207 Å². The van der Waals surface area contributed by atoms with Gasteiger partial charge in [-0.3, -0.25) is 4.57 Å². The van der Waals surface area contributed by atoms with Crippen LogP contribution in [0.3, 0.4) is 0 Å². The molecule has 34 heavy (non-hydrogen) atoms. The first-order valence-electron chi connectivity index (χ1n) is 10.4. The predicted molar refractivity (Wildman–Crippen MR) is 131 cm³/mol. The molecule has 6 N–H and O–H groups in total. The zero-order valence-electron chi connectivity index (χ0n) is 17.9. The molecule has 0 bridgehead atoms. The van der Waals surface area contributed by atoms with Gasteiger partial charge in [0.1, 0.15) is 18.3 Å². The summed E-state index contributed by atoms with van der Waals surface area (Å²) in [5.41, 5.74) is 8.26. The maximum absolute atomic E-state index is 10.4. The second-order valence-electron chi connectivity index (χ2n) is 7.96. The number of aliphatic hydroxyl groups excluding tert-OH is 3. The molecular formula is C20H22ClN7O4S2. The average Bonchev–Trinajstić information content (AvgIpc) is 3.48. The summed E-state index contributed by atoms with van der Waals surface area (Å²) >= 11 is 9.38. The number of nitrogens with two attached hydrogens (primary N) is 1. The van der Waals surface area contributed by atoms with Crippen LogP contribution in [0.1, 0.15) is 13.2 Å². The molecule has 5 rings (SSSR count). The molecule has 0 aliphatic carbocycles. The van der Waals surface area contributed by atoms with Gasteiger partial charge < -0.3 is 31.1 Å². The molecule has 1 aliphatic rings. The third-order valence-corrected chi connectivity index (χ3v) is 8.01. The first kappa shape index (κ1) is 23.5. The molecule has 3 aromatic heterocycles. The van der Waals surface area contributed by atoms with Crippen molar-refractivity contribution in [3.05, 3.63) is 29.8 Å². The van der Waals surface area contributed by atoms with E-state index in [2.05, 4.69) is 25.3 Å². The van der Waals surface area contributed by atoms with Gasteiger partial charge in [-0.2, -0.15) is 9.97 Å². The molecule has 180 valence electrons. The number of hydrogen-bond acceptors (Lipinski definition) is 12. The Morgan fingerprint density at radius 2 is 2.12 bits per heavy atom. The average molecular weight is 524 g/mol. The number of imidazole rings is 1. The molecule has 5 atom stereocenters. The van der Waals surface area contributed by atoms with Gasteiger partial charge in [-0.1, -0.05) is 11.8 Å². The SMILES string of the molecule is C[C@H](CSc1nc2ccc(N)cc2s1)Nc1nc(Cl)nc2c1ncn2[C@@H]1O[C@H](CO)[C@@H](O)[C@H]1O. The Kier molecular flexibility index (Phi) is 6.50. The number of rotatable bonds is 7. The first-order chi connectivity index (χ1) is 16.3. The Bertz CT molecular complexity index is 1340. The van der Waals surface area contributed by atoms with Crippen LogP contribution in [0.2, 0.25) is 5.28 Å². The highest BCUT2D eigenvalue weighted by Gasteiger charge is 2.44. The molecule has 14 heteroatoms. The Morgan fingerprint density at radius 1 is 1.29 bits per heavy atom. The molecule has 0 radical (unpaired) electrons. The van der Waals surface area contributed by atoms with Gasteiger partial charge in [-0.05, 0) is 36.7 Å². The van der Waals surface area contributed by atoms with Gasteiger partial charge >= 0.3 is 0 Å². The number of benzene rings is 1. The highest BCUT2D eigenvalue weighted by Crippen LogP contribution is 2.34. The second-order valence-corrected chi connectivity index (χ2v) is 10.6. The van der Waals surface area contributed by atoms with E-state index in [0.29, 0.717) is 28.4 Å². The summed E-state index contributed by atoms with van der Waals surface area (Å²) < 4.78 is 9.06. The lowest BCUT2D eigenvalue weighted by Crippen LogP contribution is -2.33. The van der Waals surface area contributed by atoms with E-state index in [-0.39, 0.29) is 11.3 Å². The quantitative estimate of drug-likeness (QED) is 0.136. The summed E-state index contributed by atoms with van der Waals surface area (Å²) in [5.74, 6) is 1.14. The molecule has 1 fully saturated rings. The molecule has 0 spiro atoms. The Hall–Kier alpha value is -2.26. The summed E-state index contributed by atoms with van der Waals surface area (Å²) in [4.78, 5) is 17.5. The summed E-state index contributed by atoms with van der Waals surface area (Å²) in [6.45, 7) is 1.57. The number of thiazole rings is 1. The van der Waals surface area contributed by atoms with Crippen molar-refractivity contribution in [2.75, 3.05) is 23.4 Å². The molecule has 4 aromatic rings. The minimum atomic E-state index is -1.26. The number of thioether (sulfide) groups is 1. The van der Waals surface area contributed by atoms with Crippen LogP contribution in [-0.4, -0.2) is 76.5 Å². The number of nitrogen functional groups attached to an aromatic ring is 1. The molecule has 1 saturated heterocycles. The Balaban J connectivity index is 1.33. The van der Waals surface area contributed by atoms with Crippen molar-refractivity contribution < 1.29 is 20.1 Å². The van der Waals surface area contributed by atoms with Crippen molar-refractivity contribution in [1.29, 1.82) is 0 Å². The number of nitrogens with zero attached hydrogens (tertiary/aromatic N) is 5. The fraction of sp³-hybridized carbons (Fsp3) is 0.400. The number of halogens is 1. The van der Waals surface area contributed by atoms with E-state index < -0.39 is 31.1 Å². The van der Waals surface area contributed by atoms with Crippen molar-refractivity contribution in [3.8, 4) is 0 Å². The van der Waals surface area contributed by atoms with Crippen molar-refractivity contribution in [3.63, 3.8) is 0 Å². The van der Waals surface area contributed by atoms with E-state index in [1.165, 1.54) is 10.9 Å². The monoisotopic (exact) mass is 523 g/mol. The minimum absolute atomic E-state index is 0.00731. The van der Waals surface area contributed by atoms with Crippen molar-refractivity contribution >= 4 is 67.6 Å². The number of aromatic nitrogens is 5. The lowest BCUT2D eigenvalue weighted by molar-refractivity contribution is -0.0511. The van der Waals surface area contributed by atoms with Crippen molar-refractivity contribution in [2.24, 2.45) is 0 Å². The van der Waals surface area contributed by atoms with Gasteiger partial charge in [0.2, 0.25) is 5.28 Å². The van der Waals surface area contributed by atoms with Crippen LogP contribution < -0.4 is 11.1 Å². The van der Waals surface area contributed by atoms with E-state index >= 15 is 0 Å². The summed E-state index contributed by atoms with van der Waals surface area (Å²) in [6, 6.07) is 5.65. The molecule has 0 unspecified atom stereocenters. The van der Waals surface area contributed by atoms with Crippen molar-refractivity contribution in [1.82, 2.24) is 24.5 Å². The topological polar surface area (TPSA) is 164 Å². The smallest absolute Gasteiger partial charge is 0.226 e. The van der Waals surface area contributed by atoms with Gasteiger partial charge in [0.15, 0.2) is 27.5 Å². The molecule has 4 heterocycles. The summed E-state index contributed by atoms with van der Waals surface area (Å²) in [6.07, 6.45) is -2.95. The molecular weight excluding hydrogens is 502 g/mol. The first-order valence-corrected chi connectivity index (χ1v) is 12.6. The van der Waals surface area contributed by atoms with E-state index in [1.54, 1.807) is 23.1 Å². The molecule has 11 nitrogen and oxygen atoms in total. The fourth-order valence-corrected chi connectivity index (χ4v) is 6.00. The number of anilines is 2. The number of nitrogens with one attached hydrogen (secondary N) is 1. The zero-order valence-corrected chi connectivity index (χ0v) is 20.3. The second kappa shape index (κ2) is 9.41. The van der Waals surface area contributed by atoms with Gasteiger partial charge in [0.25, 0.3) is 0 Å². The van der Waals surface area contributed by atoms with Crippen LogP contribution in [-0.2, 0) is 4.74 Å². The highest BCUT2D eigenvalue weighted by atomic mass is 35.5. The molecule has 0 saturated carbocycles. The van der Waals surface area contributed by atoms with Gasteiger partial charge in [-0.25, -0.2) is 9.97 Å². The largest absolute Gasteiger partial charge is 0.399 e. The summed E-state index contributed by atoms with van der Waals surface area (Å²) in [7, 11) is 0. The van der Waals surface area contributed by atoms with Crippen LogP contribution in [0.5, 0.6) is 0 Å². The van der Waals surface area contributed by atoms with Gasteiger partial charge in [0, 0.05) is 17.5 Å². The third-order valence-electron chi connectivity index (χ3n) is 5.42. The van der Waals surface area contributed by atoms with Crippen LogP contribution in [0, 0.1) is 0 Å². The minimum Gasteiger partial charge on any atom is -0.399 e. The van der Waals surface area contributed by atoms with E-state index in [0.717, 1.165) is 14.6 Å². The van der Waals surface area contributed by atoms with Crippen molar-refractivity contribution in [2.45, 2.75) is 41.8 Å². The lowest BCUT2D eigenvalue weighted by Gasteiger charge is -2.17. The van der Waals surface area contributed by atoms with E-state index in [4.69, 9.17) is 22.1 Å².